The largest absolute Gasteiger partial charge is 1.00 e. The SMILES string of the molecule is Cn1nc(-c2nccnc2C(=O)[O-])ccc1=O.[Li+]. The van der Waals surface area contributed by atoms with Gasteiger partial charge in [-0.3, -0.25) is 14.8 Å². The second-order valence-electron chi connectivity index (χ2n) is 3.22. The van der Waals surface area contributed by atoms with Crippen molar-refractivity contribution in [3.8, 4) is 11.4 Å². The molecule has 2 aromatic rings. The van der Waals surface area contributed by atoms with E-state index >= 15 is 0 Å². The van der Waals surface area contributed by atoms with Gasteiger partial charge >= 0.3 is 18.9 Å². The van der Waals surface area contributed by atoms with Crippen molar-refractivity contribution in [3.05, 3.63) is 40.6 Å². The van der Waals surface area contributed by atoms with E-state index in [1.165, 1.54) is 31.6 Å². The molecular weight excluding hydrogens is 231 g/mol. The summed E-state index contributed by atoms with van der Waals surface area (Å²) in [7, 11) is 1.46. The fraction of sp³-hybridized carbons (Fsp3) is 0.100. The van der Waals surface area contributed by atoms with Crippen LogP contribution in [0.1, 0.15) is 10.5 Å². The molecule has 0 aliphatic heterocycles. The Morgan fingerprint density at radius 3 is 2.56 bits per heavy atom. The zero-order chi connectivity index (χ0) is 12.4. The molecule has 18 heavy (non-hydrogen) atoms. The van der Waals surface area contributed by atoms with Gasteiger partial charge in [0.15, 0.2) is 0 Å². The van der Waals surface area contributed by atoms with Crippen LogP contribution in [-0.2, 0) is 7.05 Å². The van der Waals surface area contributed by atoms with E-state index in [1.54, 1.807) is 0 Å². The Labute approximate surface area is 114 Å². The second kappa shape index (κ2) is 5.58. The van der Waals surface area contributed by atoms with E-state index in [1.807, 2.05) is 0 Å². The molecular formula is C10H7LiN4O3. The van der Waals surface area contributed by atoms with Gasteiger partial charge in [0.1, 0.15) is 17.1 Å². The van der Waals surface area contributed by atoms with Crippen LogP contribution in [0.2, 0.25) is 0 Å². The third-order valence-corrected chi connectivity index (χ3v) is 2.09. The van der Waals surface area contributed by atoms with Crippen LogP contribution < -0.4 is 29.5 Å². The van der Waals surface area contributed by atoms with E-state index in [2.05, 4.69) is 15.1 Å². The van der Waals surface area contributed by atoms with E-state index in [0.717, 1.165) is 4.68 Å². The Bertz CT molecular complexity index is 641. The number of carbonyl (C=O) groups excluding carboxylic acids is 1. The molecule has 0 fully saturated rings. The van der Waals surface area contributed by atoms with Crippen LogP contribution in [0.15, 0.2) is 29.3 Å². The van der Waals surface area contributed by atoms with Gasteiger partial charge in [-0.1, -0.05) is 0 Å². The minimum atomic E-state index is -1.44. The van der Waals surface area contributed by atoms with Gasteiger partial charge in [0.2, 0.25) is 0 Å². The number of nitrogens with zero attached hydrogens (tertiary/aromatic N) is 4. The molecule has 0 saturated heterocycles. The molecule has 0 amide bonds. The average molecular weight is 238 g/mol. The van der Waals surface area contributed by atoms with Crippen molar-refractivity contribution in [1.82, 2.24) is 19.7 Å². The number of carboxylic acids is 1. The average Bonchev–Trinajstić information content (AvgIpc) is 2.32. The van der Waals surface area contributed by atoms with Crippen molar-refractivity contribution >= 4 is 5.97 Å². The normalized spacial score (nSPS) is 9.61. The fourth-order valence-corrected chi connectivity index (χ4v) is 1.30. The van der Waals surface area contributed by atoms with E-state index < -0.39 is 5.97 Å². The van der Waals surface area contributed by atoms with Crippen LogP contribution in [0, 0.1) is 0 Å². The molecule has 86 valence electrons. The summed E-state index contributed by atoms with van der Waals surface area (Å²) >= 11 is 0. The fourth-order valence-electron chi connectivity index (χ4n) is 1.30. The van der Waals surface area contributed by atoms with E-state index in [9.17, 15) is 14.7 Å². The first-order valence-electron chi connectivity index (χ1n) is 4.66. The van der Waals surface area contributed by atoms with Crippen LogP contribution in [0.25, 0.3) is 11.4 Å². The summed E-state index contributed by atoms with van der Waals surface area (Å²) in [6, 6.07) is 2.66. The second-order valence-corrected chi connectivity index (χ2v) is 3.22. The topological polar surface area (TPSA) is 101 Å². The number of hydrogen-bond donors (Lipinski definition) is 0. The molecule has 2 rings (SSSR count). The molecule has 0 unspecified atom stereocenters. The molecule has 0 spiro atoms. The number of aryl methyl sites for hydroxylation is 1. The molecule has 0 radical (unpaired) electrons. The maximum absolute atomic E-state index is 11.2. The predicted molar refractivity (Wildman–Crippen MR) is 54.8 cm³/mol. The van der Waals surface area contributed by atoms with Crippen LogP contribution >= 0.6 is 0 Å². The molecule has 2 aromatic heterocycles. The van der Waals surface area contributed by atoms with Gasteiger partial charge in [-0.05, 0) is 6.07 Å². The van der Waals surface area contributed by atoms with Gasteiger partial charge in [-0.15, -0.1) is 0 Å². The molecule has 0 aliphatic carbocycles. The number of aromatic nitrogens is 4. The minimum Gasteiger partial charge on any atom is -0.543 e. The van der Waals surface area contributed by atoms with Crippen LogP contribution in [-0.4, -0.2) is 25.7 Å². The Balaban J connectivity index is 0.00000162. The van der Waals surface area contributed by atoms with Gasteiger partial charge in [0.25, 0.3) is 5.56 Å². The maximum atomic E-state index is 11.2. The van der Waals surface area contributed by atoms with Crippen molar-refractivity contribution in [1.29, 1.82) is 0 Å². The quantitative estimate of drug-likeness (QED) is 0.490. The van der Waals surface area contributed by atoms with Crippen molar-refractivity contribution < 1.29 is 28.8 Å². The first-order valence-corrected chi connectivity index (χ1v) is 4.66. The summed E-state index contributed by atoms with van der Waals surface area (Å²) in [5.74, 6) is -1.44. The van der Waals surface area contributed by atoms with Crippen molar-refractivity contribution in [2.45, 2.75) is 0 Å². The Morgan fingerprint density at radius 1 is 1.28 bits per heavy atom. The smallest absolute Gasteiger partial charge is 0.543 e. The number of carboxylic acid groups (broad SMARTS) is 1. The summed E-state index contributed by atoms with van der Waals surface area (Å²) in [6.45, 7) is 0. The van der Waals surface area contributed by atoms with Crippen LogP contribution in [0.4, 0.5) is 0 Å². The molecule has 0 N–H and O–H groups in total. The summed E-state index contributed by atoms with van der Waals surface area (Å²) < 4.78 is 1.09. The Hall–Kier alpha value is -1.97. The number of carbonyl (C=O) groups is 1. The first kappa shape index (κ1) is 14.1. The number of aromatic carboxylic acids is 1. The number of rotatable bonds is 2. The summed E-state index contributed by atoms with van der Waals surface area (Å²) in [5, 5.41) is 14.7. The van der Waals surface area contributed by atoms with E-state index in [0.29, 0.717) is 0 Å². The molecule has 0 saturated carbocycles. The van der Waals surface area contributed by atoms with Gasteiger partial charge in [-0.2, -0.15) is 5.10 Å². The van der Waals surface area contributed by atoms with Crippen LogP contribution in [0.3, 0.4) is 0 Å². The van der Waals surface area contributed by atoms with Crippen LogP contribution in [0.5, 0.6) is 0 Å². The molecule has 0 bridgehead atoms. The number of hydrogen-bond acceptors (Lipinski definition) is 6. The predicted octanol–water partition coefficient (Wildman–Crippen LogP) is -4.40. The Morgan fingerprint density at radius 2 is 1.94 bits per heavy atom. The molecule has 7 nitrogen and oxygen atoms in total. The van der Waals surface area contributed by atoms with Crippen molar-refractivity contribution in [2.24, 2.45) is 7.05 Å². The van der Waals surface area contributed by atoms with E-state index in [-0.39, 0.29) is 41.5 Å². The molecule has 0 aromatic carbocycles. The van der Waals surface area contributed by atoms with Gasteiger partial charge < -0.3 is 9.90 Å². The van der Waals surface area contributed by atoms with Gasteiger partial charge in [-0.25, -0.2) is 4.68 Å². The summed E-state index contributed by atoms with van der Waals surface area (Å²) in [6.07, 6.45) is 2.59. The molecule has 0 atom stereocenters. The Kier molecular flexibility index (Phi) is 4.36. The van der Waals surface area contributed by atoms with Gasteiger partial charge in [0.05, 0.1) is 5.97 Å². The zero-order valence-electron chi connectivity index (χ0n) is 9.82. The molecule has 2 heterocycles. The molecule has 0 aliphatic rings. The first-order chi connectivity index (χ1) is 8.09. The van der Waals surface area contributed by atoms with Crippen molar-refractivity contribution in [3.63, 3.8) is 0 Å². The monoisotopic (exact) mass is 238 g/mol. The van der Waals surface area contributed by atoms with Crippen molar-refractivity contribution in [2.75, 3.05) is 0 Å². The summed E-state index contributed by atoms with van der Waals surface area (Å²) in [5.41, 5.74) is -0.284. The zero-order valence-corrected chi connectivity index (χ0v) is 9.82. The molecule has 8 heteroatoms. The standard InChI is InChI=1S/C10H8N4O3.Li/c1-14-7(15)3-2-6(13-14)8-9(10(16)17)12-5-4-11-8;/h2-5H,1H3,(H,16,17);/q;+1/p-1. The third-order valence-electron chi connectivity index (χ3n) is 2.09. The summed E-state index contributed by atoms with van der Waals surface area (Å²) in [4.78, 5) is 29.5. The maximum Gasteiger partial charge on any atom is 1.00 e. The third kappa shape index (κ3) is 2.64. The van der Waals surface area contributed by atoms with E-state index in [4.69, 9.17) is 0 Å². The van der Waals surface area contributed by atoms with Gasteiger partial charge in [0, 0.05) is 25.5 Å². The minimum absolute atomic E-state index is 0.